The van der Waals surface area contributed by atoms with Crippen molar-refractivity contribution < 1.29 is 24.1 Å². The molecular formula is C27H21FN2O4. The van der Waals surface area contributed by atoms with Crippen LogP contribution < -0.4 is 0 Å². The number of nitriles is 1. The first-order chi connectivity index (χ1) is 16.5. The number of carboxylic acids is 1. The predicted octanol–water partition coefficient (Wildman–Crippen LogP) is 5.61. The fourth-order valence-electron chi connectivity index (χ4n) is 4.78. The minimum Gasteiger partial charge on any atom is -0.507 e. The summed E-state index contributed by atoms with van der Waals surface area (Å²) in [5.74, 6) is -1.35. The van der Waals surface area contributed by atoms with E-state index in [1.54, 1.807) is 30.3 Å². The summed E-state index contributed by atoms with van der Waals surface area (Å²) in [7, 11) is 0. The highest BCUT2D eigenvalue weighted by Gasteiger charge is 2.29. The number of rotatable bonds is 4. The number of halogens is 1. The molecule has 2 N–H and O–H groups in total. The summed E-state index contributed by atoms with van der Waals surface area (Å²) in [4.78, 5) is 11.4. The molecule has 34 heavy (non-hydrogen) atoms. The van der Waals surface area contributed by atoms with E-state index in [0.717, 1.165) is 29.7 Å². The lowest BCUT2D eigenvalue weighted by Crippen LogP contribution is -2.17. The smallest absolute Gasteiger partial charge is 0.335 e. The van der Waals surface area contributed by atoms with Gasteiger partial charge < -0.3 is 19.5 Å². The Morgan fingerprint density at radius 1 is 1.06 bits per heavy atom. The van der Waals surface area contributed by atoms with Gasteiger partial charge in [-0.15, -0.1) is 0 Å². The number of aromatic nitrogens is 1. The quantitative estimate of drug-likeness (QED) is 0.416. The molecule has 0 aliphatic carbocycles. The van der Waals surface area contributed by atoms with Crippen molar-refractivity contribution in [2.75, 3.05) is 13.2 Å². The summed E-state index contributed by atoms with van der Waals surface area (Å²) in [5, 5.41) is 30.5. The minimum absolute atomic E-state index is 0.0412. The lowest BCUT2D eigenvalue weighted by atomic mass is 9.89. The predicted molar refractivity (Wildman–Crippen MR) is 125 cm³/mol. The second kappa shape index (κ2) is 8.65. The summed E-state index contributed by atoms with van der Waals surface area (Å²) in [6, 6.07) is 17.9. The van der Waals surface area contributed by atoms with E-state index in [9.17, 15) is 24.7 Å². The van der Waals surface area contributed by atoms with E-state index in [0.29, 0.717) is 35.4 Å². The number of fused-ring (bicyclic) bond motifs is 1. The van der Waals surface area contributed by atoms with Crippen LogP contribution in [0.25, 0.3) is 27.7 Å². The van der Waals surface area contributed by atoms with Crippen molar-refractivity contribution in [3.8, 4) is 28.6 Å². The third kappa shape index (κ3) is 3.68. The number of aromatic carboxylic acids is 1. The number of nitrogens with zero attached hydrogens (tertiary/aromatic N) is 2. The maximum Gasteiger partial charge on any atom is 0.335 e. The molecule has 4 aromatic rings. The molecule has 1 saturated heterocycles. The van der Waals surface area contributed by atoms with Gasteiger partial charge in [-0.05, 0) is 66.9 Å². The standard InChI is InChI=1S/C27H21FN2O4/c28-20-5-7-21(8-6-20)30-22-13-16(15-29)14-23(31)25(22)24(26(30)18-9-11-34-12-10-18)17-1-3-19(4-2-17)27(32)33/h1-8,13-14,18,31H,9-12H2,(H,32,33). The summed E-state index contributed by atoms with van der Waals surface area (Å²) < 4.78 is 21.3. The van der Waals surface area contributed by atoms with Crippen LogP contribution in [0, 0.1) is 17.1 Å². The molecule has 1 aromatic heterocycles. The maximum absolute atomic E-state index is 13.8. The van der Waals surface area contributed by atoms with Gasteiger partial charge in [-0.3, -0.25) is 0 Å². The number of hydrogen-bond acceptors (Lipinski definition) is 4. The Morgan fingerprint density at radius 2 is 1.74 bits per heavy atom. The molecule has 0 radical (unpaired) electrons. The Morgan fingerprint density at radius 3 is 2.35 bits per heavy atom. The lowest BCUT2D eigenvalue weighted by molar-refractivity contribution is 0.0697. The fraction of sp³-hybridized carbons (Fsp3) is 0.185. The van der Waals surface area contributed by atoms with Crippen LogP contribution in [0.4, 0.5) is 4.39 Å². The Labute approximate surface area is 195 Å². The first-order valence-corrected chi connectivity index (χ1v) is 11.0. The van der Waals surface area contributed by atoms with E-state index in [4.69, 9.17) is 4.74 Å². The lowest BCUT2D eigenvalue weighted by Gasteiger charge is -2.26. The molecule has 170 valence electrons. The molecular weight excluding hydrogens is 435 g/mol. The van der Waals surface area contributed by atoms with Gasteiger partial charge >= 0.3 is 5.97 Å². The molecule has 1 fully saturated rings. The van der Waals surface area contributed by atoms with Crippen molar-refractivity contribution in [3.05, 3.63) is 83.3 Å². The third-order valence-electron chi connectivity index (χ3n) is 6.33. The number of phenols is 1. The molecule has 5 rings (SSSR count). The Balaban J connectivity index is 1.89. The van der Waals surface area contributed by atoms with Crippen LogP contribution in [0.1, 0.15) is 40.4 Å². The summed E-state index contributed by atoms with van der Waals surface area (Å²) in [6.07, 6.45) is 1.51. The van der Waals surface area contributed by atoms with Crippen LogP contribution >= 0.6 is 0 Å². The number of hydrogen-bond donors (Lipinski definition) is 2. The van der Waals surface area contributed by atoms with Crippen molar-refractivity contribution >= 4 is 16.9 Å². The van der Waals surface area contributed by atoms with Crippen LogP contribution in [0.15, 0.2) is 60.7 Å². The van der Waals surface area contributed by atoms with Gasteiger partial charge in [-0.1, -0.05) is 12.1 Å². The number of phenolic OH excluding ortho intramolecular Hbond substituents is 1. The number of ether oxygens (including phenoxy) is 1. The molecule has 3 aromatic carbocycles. The average Bonchev–Trinajstić information content (AvgIpc) is 3.20. The van der Waals surface area contributed by atoms with Crippen LogP contribution in [-0.4, -0.2) is 34.0 Å². The van der Waals surface area contributed by atoms with E-state index in [1.807, 2.05) is 4.57 Å². The Hall–Kier alpha value is -4.15. The number of carboxylic acid groups (broad SMARTS) is 1. The molecule has 0 unspecified atom stereocenters. The molecule has 6 nitrogen and oxygen atoms in total. The number of carbonyl (C=O) groups is 1. The van der Waals surface area contributed by atoms with Gasteiger partial charge in [-0.25, -0.2) is 9.18 Å². The van der Waals surface area contributed by atoms with Crippen LogP contribution in [0.3, 0.4) is 0 Å². The van der Waals surface area contributed by atoms with Crippen LogP contribution in [0.5, 0.6) is 5.75 Å². The Kier molecular flexibility index (Phi) is 5.52. The second-order valence-electron chi connectivity index (χ2n) is 8.34. The highest BCUT2D eigenvalue weighted by atomic mass is 19.1. The van der Waals surface area contributed by atoms with Gasteiger partial charge in [-0.2, -0.15) is 5.26 Å². The van der Waals surface area contributed by atoms with Crippen LogP contribution in [-0.2, 0) is 4.74 Å². The number of aromatic hydroxyl groups is 1. The molecule has 1 aliphatic rings. The van der Waals surface area contributed by atoms with Crippen LogP contribution in [0.2, 0.25) is 0 Å². The van der Waals surface area contributed by atoms with Crippen molar-refractivity contribution in [2.45, 2.75) is 18.8 Å². The monoisotopic (exact) mass is 456 g/mol. The summed E-state index contributed by atoms with van der Waals surface area (Å²) in [5.41, 5.74) is 4.23. The first kappa shape index (κ1) is 21.7. The Bertz CT molecular complexity index is 1430. The zero-order valence-electron chi connectivity index (χ0n) is 18.2. The van der Waals surface area contributed by atoms with E-state index in [-0.39, 0.29) is 23.0 Å². The summed E-state index contributed by atoms with van der Waals surface area (Å²) in [6.45, 7) is 1.17. The SMILES string of the molecule is N#Cc1cc(O)c2c(-c3ccc(C(=O)O)cc3)c(C3CCOCC3)n(-c3ccc(F)cc3)c2c1. The average molecular weight is 456 g/mol. The molecule has 0 spiro atoms. The molecule has 0 amide bonds. The zero-order chi connectivity index (χ0) is 23.8. The van der Waals surface area contributed by atoms with Crippen molar-refractivity contribution in [2.24, 2.45) is 0 Å². The molecule has 2 heterocycles. The van der Waals surface area contributed by atoms with E-state index in [2.05, 4.69) is 6.07 Å². The van der Waals surface area contributed by atoms with Gasteiger partial charge in [0.1, 0.15) is 11.6 Å². The molecule has 7 heteroatoms. The third-order valence-corrected chi connectivity index (χ3v) is 6.33. The fourth-order valence-corrected chi connectivity index (χ4v) is 4.78. The molecule has 0 saturated carbocycles. The van der Waals surface area contributed by atoms with E-state index >= 15 is 0 Å². The van der Waals surface area contributed by atoms with Gasteiger partial charge in [0.25, 0.3) is 0 Å². The van der Waals surface area contributed by atoms with Gasteiger partial charge in [0.15, 0.2) is 0 Å². The highest BCUT2D eigenvalue weighted by Crippen LogP contribution is 2.46. The van der Waals surface area contributed by atoms with Gasteiger partial charge in [0.05, 0.1) is 28.1 Å². The highest BCUT2D eigenvalue weighted by molar-refractivity contribution is 6.04. The van der Waals surface area contributed by atoms with Gasteiger partial charge in [0, 0.05) is 36.1 Å². The normalized spacial score (nSPS) is 14.2. The van der Waals surface area contributed by atoms with Gasteiger partial charge in [0.2, 0.25) is 0 Å². The van der Waals surface area contributed by atoms with Crippen molar-refractivity contribution in [3.63, 3.8) is 0 Å². The van der Waals surface area contributed by atoms with E-state index in [1.165, 1.54) is 30.3 Å². The molecule has 0 atom stereocenters. The minimum atomic E-state index is -1.02. The first-order valence-electron chi connectivity index (χ1n) is 11.0. The van der Waals surface area contributed by atoms with E-state index < -0.39 is 5.97 Å². The summed E-state index contributed by atoms with van der Waals surface area (Å²) >= 11 is 0. The maximum atomic E-state index is 13.8. The largest absolute Gasteiger partial charge is 0.507 e. The van der Waals surface area contributed by atoms with Crippen molar-refractivity contribution in [1.82, 2.24) is 4.57 Å². The molecule has 0 bridgehead atoms. The second-order valence-corrected chi connectivity index (χ2v) is 8.34. The number of benzene rings is 3. The topological polar surface area (TPSA) is 95.5 Å². The molecule has 1 aliphatic heterocycles. The van der Waals surface area contributed by atoms with Crippen molar-refractivity contribution in [1.29, 1.82) is 5.26 Å². The zero-order valence-corrected chi connectivity index (χ0v) is 18.2.